The smallest absolute Gasteiger partial charge is 0.134 e. The van der Waals surface area contributed by atoms with E-state index < -0.39 is 0 Å². The Morgan fingerprint density at radius 3 is 2.89 bits per heavy atom. The zero-order valence-electron chi connectivity index (χ0n) is 10.8. The molecule has 0 aliphatic carbocycles. The van der Waals surface area contributed by atoms with E-state index in [4.69, 9.17) is 10.5 Å². The summed E-state index contributed by atoms with van der Waals surface area (Å²) in [6, 6.07) is 8.24. The van der Waals surface area contributed by atoms with Gasteiger partial charge in [-0.25, -0.2) is 4.98 Å². The highest BCUT2D eigenvalue weighted by molar-refractivity contribution is 5.95. The zero-order chi connectivity index (χ0) is 13.0. The molecule has 0 saturated carbocycles. The highest BCUT2D eigenvalue weighted by Crippen LogP contribution is 2.29. The van der Waals surface area contributed by atoms with Crippen molar-refractivity contribution in [3.05, 3.63) is 30.5 Å². The van der Waals surface area contributed by atoms with Crippen molar-refractivity contribution < 1.29 is 4.74 Å². The Morgan fingerprint density at radius 2 is 2.17 bits per heavy atom. The zero-order valence-corrected chi connectivity index (χ0v) is 10.8. The molecule has 0 aliphatic rings. The van der Waals surface area contributed by atoms with Crippen molar-refractivity contribution in [2.75, 3.05) is 19.0 Å². The van der Waals surface area contributed by atoms with E-state index in [-0.39, 0.29) is 0 Å². The van der Waals surface area contributed by atoms with E-state index in [1.807, 2.05) is 24.3 Å². The lowest BCUT2D eigenvalue weighted by atomic mass is 10.1. The number of hydrogen-bond donors (Lipinski definition) is 2. The molecule has 0 aliphatic heterocycles. The lowest BCUT2D eigenvalue weighted by Gasteiger charge is -2.15. The number of nitrogens with zero attached hydrogens (tertiary/aromatic N) is 1. The molecule has 4 nitrogen and oxygen atoms in total. The molecule has 96 valence electrons. The topological polar surface area (TPSA) is 60.2 Å². The summed E-state index contributed by atoms with van der Waals surface area (Å²) in [5, 5.41) is 5.53. The van der Waals surface area contributed by atoms with Crippen LogP contribution in [0.4, 0.5) is 5.82 Å². The minimum atomic E-state index is 0.305. The summed E-state index contributed by atoms with van der Waals surface area (Å²) in [5.74, 6) is 1.75. The molecule has 0 amide bonds. The minimum absolute atomic E-state index is 0.305. The number of nitrogens with two attached hydrogens (primary N) is 1. The van der Waals surface area contributed by atoms with E-state index in [1.54, 1.807) is 13.3 Å². The molecule has 0 fully saturated rings. The number of rotatable bonds is 5. The van der Waals surface area contributed by atoms with Gasteiger partial charge in [0.1, 0.15) is 11.6 Å². The summed E-state index contributed by atoms with van der Waals surface area (Å²) >= 11 is 0. The molecule has 2 rings (SSSR count). The monoisotopic (exact) mass is 245 g/mol. The van der Waals surface area contributed by atoms with Crippen molar-refractivity contribution >= 4 is 16.6 Å². The minimum Gasteiger partial charge on any atom is -0.496 e. The SMILES string of the molecule is COc1cccc2c(NC(C)CCN)nccc12. The molecule has 0 saturated heterocycles. The fourth-order valence-electron chi connectivity index (χ4n) is 2.03. The normalized spacial score (nSPS) is 12.4. The number of fused-ring (bicyclic) bond motifs is 1. The summed E-state index contributed by atoms with van der Waals surface area (Å²) in [6.07, 6.45) is 2.71. The Labute approximate surface area is 107 Å². The molecule has 18 heavy (non-hydrogen) atoms. The molecule has 1 aromatic heterocycles. The average Bonchev–Trinajstić information content (AvgIpc) is 2.38. The van der Waals surface area contributed by atoms with Crippen molar-refractivity contribution in [2.24, 2.45) is 5.73 Å². The second-order valence-corrected chi connectivity index (χ2v) is 4.34. The van der Waals surface area contributed by atoms with Crippen LogP contribution in [0.1, 0.15) is 13.3 Å². The molecular weight excluding hydrogens is 226 g/mol. The quantitative estimate of drug-likeness (QED) is 0.849. The van der Waals surface area contributed by atoms with Crippen molar-refractivity contribution in [2.45, 2.75) is 19.4 Å². The molecule has 0 radical (unpaired) electrons. The van der Waals surface area contributed by atoms with Gasteiger partial charge in [0.2, 0.25) is 0 Å². The number of methoxy groups -OCH3 is 1. The van der Waals surface area contributed by atoms with Gasteiger partial charge in [0.25, 0.3) is 0 Å². The molecule has 2 aromatic rings. The van der Waals surface area contributed by atoms with E-state index >= 15 is 0 Å². The Kier molecular flexibility index (Phi) is 3.99. The summed E-state index contributed by atoms with van der Waals surface area (Å²) < 4.78 is 5.36. The van der Waals surface area contributed by atoms with Gasteiger partial charge in [0.15, 0.2) is 0 Å². The lowest BCUT2D eigenvalue weighted by Crippen LogP contribution is -2.20. The molecule has 3 N–H and O–H groups in total. The Hall–Kier alpha value is -1.81. The number of pyridine rings is 1. The number of hydrogen-bond acceptors (Lipinski definition) is 4. The Bertz CT molecular complexity index is 527. The van der Waals surface area contributed by atoms with Crippen LogP contribution in [-0.4, -0.2) is 24.7 Å². The molecule has 0 spiro atoms. The maximum Gasteiger partial charge on any atom is 0.134 e. The lowest BCUT2D eigenvalue weighted by molar-refractivity contribution is 0.420. The number of aromatic nitrogens is 1. The Balaban J connectivity index is 2.39. The van der Waals surface area contributed by atoms with Crippen LogP contribution in [-0.2, 0) is 0 Å². The van der Waals surface area contributed by atoms with Gasteiger partial charge in [-0.2, -0.15) is 0 Å². The van der Waals surface area contributed by atoms with Crippen LogP contribution in [0.25, 0.3) is 10.8 Å². The second-order valence-electron chi connectivity index (χ2n) is 4.34. The van der Waals surface area contributed by atoms with E-state index in [2.05, 4.69) is 17.2 Å². The largest absolute Gasteiger partial charge is 0.496 e. The fraction of sp³-hybridized carbons (Fsp3) is 0.357. The van der Waals surface area contributed by atoms with E-state index in [1.165, 1.54) is 0 Å². The van der Waals surface area contributed by atoms with Gasteiger partial charge in [-0.1, -0.05) is 12.1 Å². The maximum absolute atomic E-state index is 5.56. The number of benzene rings is 1. The molecule has 4 heteroatoms. The van der Waals surface area contributed by atoms with E-state index in [0.717, 1.165) is 28.8 Å². The third-order valence-electron chi connectivity index (χ3n) is 2.97. The Morgan fingerprint density at radius 1 is 1.33 bits per heavy atom. The van der Waals surface area contributed by atoms with Crippen LogP contribution in [0.3, 0.4) is 0 Å². The third kappa shape index (κ3) is 2.54. The fourth-order valence-corrected chi connectivity index (χ4v) is 2.03. The first-order valence-electron chi connectivity index (χ1n) is 6.14. The van der Waals surface area contributed by atoms with Gasteiger partial charge in [-0.15, -0.1) is 0 Å². The summed E-state index contributed by atoms with van der Waals surface area (Å²) in [7, 11) is 1.68. The first kappa shape index (κ1) is 12.6. The first-order chi connectivity index (χ1) is 8.76. The molecule has 1 atom stereocenters. The predicted molar refractivity (Wildman–Crippen MR) is 75.1 cm³/mol. The van der Waals surface area contributed by atoms with Gasteiger partial charge in [0.05, 0.1) is 7.11 Å². The first-order valence-corrected chi connectivity index (χ1v) is 6.14. The van der Waals surface area contributed by atoms with Crippen LogP contribution >= 0.6 is 0 Å². The van der Waals surface area contributed by atoms with Gasteiger partial charge < -0.3 is 15.8 Å². The maximum atomic E-state index is 5.56. The second kappa shape index (κ2) is 5.69. The summed E-state index contributed by atoms with van der Waals surface area (Å²) in [5.41, 5.74) is 5.56. The molecule has 1 aromatic carbocycles. The number of nitrogens with one attached hydrogen (secondary N) is 1. The van der Waals surface area contributed by atoms with Crippen molar-refractivity contribution in [3.63, 3.8) is 0 Å². The van der Waals surface area contributed by atoms with Crippen molar-refractivity contribution in [1.29, 1.82) is 0 Å². The predicted octanol–water partition coefficient (Wildman–Crippen LogP) is 2.39. The van der Waals surface area contributed by atoms with Crippen LogP contribution in [0.15, 0.2) is 30.5 Å². The summed E-state index contributed by atoms with van der Waals surface area (Å²) in [4.78, 5) is 4.40. The van der Waals surface area contributed by atoms with Crippen molar-refractivity contribution in [1.82, 2.24) is 4.98 Å². The van der Waals surface area contributed by atoms with Crippen LogP contribution in [0, 0.1) is 0 Å². The van der Waals surface area contributed by atoms with Crippen LogP contribution in [0.5, 0.6) is 5.75 Å². The summed E-state index contributed by atoms with van der Waals surface area (Å²) in [6.45, 7) is 2.77. The van der Waals surface area contributed by atoms with Gasteiger partial charge in [-0.3, -0.25) is 0 Å². The average molecular weight is 245 g/mol. The standard InChI is InChI=1S/C14H19N3O/c1-10(6-8-15)17-14-12-4-3-5-13(18-2)11(12)7-9-16-14/h3-5,7,9-10H,6,8,15H2,1-2H3,(H,16,17). The molecule has 0 bridgehead atoms. The van der Waals surface area contributed by atoms with Crippen LogP contribution in [0.2, 0.25) is 0 Å². The molecule has 1 heterocycles. The highest BCUT2D eigenvalue weighted by atomic mass is 16.5. The highest BCUT2D eigenvalue weighted by Gasteiger charge is 2.08. The number of ether oxygens (including phenoxy) is 1. The van der Waals surface area contributed by atoms with E-state index in [9.17, 15) is 0 Å². The number of anilines is 1. The third-order valence-corrected chi connectivity index (χ3v) is 2.97. The van der Waals surface area contributed by atoms with E-state index in [0.29, 0.717) is 12.6 Å². The van der Waals surface area contributed by atoms with Gasteiger partial charge in [-0.05, 0) is 32.0 Å². The van der Waals surface area contributed by atoms with Gasteiger partial charge in [0, 0.05) is 23.0 Å². The molecular formula is C14H19N3O. The van der Waals surface area contributed by atoms with Gasteiger partial charge >= 0.3 is 0 Å². The molecule has 1 unspecified atom stereocenters. The van der Waals surface area contributed by atoms with Crippen molar-refractivity contribution in [3.8, 4) is 5.75 Å². The van der Waals surface area contributed by atoms with Crippen LogP contribution < -0.4 is 15.8 Å².